The van der Waals surface area contributed by atoms with E-state index in [0.717, 1.165) is 59.5 Å². The molecular weight excluding hydrogens is 1430 g/mol. The van der Waals surface area contributed by atoms with Crippen LogP contribution >= 0.6 is 34.0 Å². The first-order valence-electron chi connectivity index (χ1n) is 35.8. The summed E-state index contributed by atoms with van der Waals surface area (Å²) >= 11 is 4.21. The lowest BCUT2D eigenvalue weighted by atomic mass is 9.87. The number of thiophene rings is 3. The molecule has 570 valence electrons. The molecule has 0 N–H and O–H groups in total. The number of amides is 3. The van der Waals surface area contributed by atoms with Crippen LogP contribution in [0.2, 0.25) is 0 Å². The highest BCUT2D eigenvalue weighted by Crippen LogP contribution is 2.40. The van der Waals surface area contributed by atoms with Gasteiger partial charge in [-0.15, -0.1) is 34.0 Å². The van der Waals surface area contributed by atoms with E-state index in [9.17, 15) is 59.1 Å². The van der Waals surface area contributed by atoms with Crippen LogP contribution in [0.5, 0.6) is 5.75 Å². The Morgan fingerprint density at radius 2 is 0.750 bits per heavy atom. The monoisotopic (exact) mass is 1530 g/mol. The topological polar surface area (TPSA) is 275 Å². The van der Waals surface area contributed by atoms with Crippen molar-refractivity contribution in [3.8, 4) is 5.75 Å². The minimum absolute atomic E-state index is 0. The van der Waals surface area contributed by atoms with Gasteiger partial charge in [-0.05, 0) is 101 Å². The summed E-state index contributed by atoms with van der Waals surface area (Å²) in [7, 11) is 1.58. The molecule has 3 amide bonds. The van der Waals surface area contributed by atoms with E-state index < -0.39 is 37.1 Å². The molecular formula is C80H94N12O13S3. The molecule has 10 aromatic rings. The predicted octanol–water partition coefficient (Wildman–Crippen LogP) is 15.3. The normalized spacial score (nSPS) is 15.6. The summed E-state index contributed by atoms with van der Waals surface area (Å²) in [6, 6.07) is 40.5. The van der Waals surface area contributed by atoms with Crippen LogP contribution in [0.4, 0.5) is 34.1 Å². The van der Waals surface area contributed by atoms with E-state index in [1.807, 2.05) is 146 Å². The van der Waals surface area contributed by atoms with Gasteiger partial charge in [0.25, 0.3) is 17.7 Å². The Hall–Kier alpha value is -10.6. The van der Waals surface area contributed by atoms with Crippen molar-refractivity contribution >= 4 is 119 Å². The molecule has 5 fully saturated rings. The van der Waals surface area contributed by atoms with Gasteiger partial charge in [-0.25, -0.2) is 0 Å². The first-order chi connectivity index (χ1) is 51.1. The standard InChI is InChI=1S/C26H24N4O5S.C26H30N4O4S.C25H28N4O4S.3CH4/c1-35-19-10-8-18(9-11-19)17-29-21-6-3-2-5-20(21)23(24(26(29)32)30(33)34)27-12-14-28(15-13-27)25(31)22-7-4-16-36-22;31-25(22-11-6-18-35-22)28-16-14-27(15-17-28)23-20-9-4-5-10-21(20)29(26(32)24(23)30(33)34)13-12-19-7-2-1-3-8-19;30-24(21-11-6-16-34-21)27-14-12-26(13-15-27)22-19-9-4-5-10-20(19)28(25(31)23(22)29(32)33)17-18-7-2-1-3-8-18;;;/h2-11,16H,12-15,17H2,1H3;4-6,9-11,18-19H,1-3,7-8,12-17H2;4-6,9-11,16,18H,1-3,7-8,12-15,17H2;3*1H4. The van der Waals surface area contributed by atoms with Crippen molar-refractivity contribution in [1.82, 2.24) is 28.4 Å². The van der Waals surface area contributed by atoms with Crippen LogP contribution in [0, 0.1) is 42.2 Å². The Morgan fingerprint density at radius 3 is 1.10 bits per heavy atom. The first-order valence-corrected chi connectivity index (χ1v) is 38.5. The van der Waals surface area contributed by atoms with Crippen LogP contribution in [0.25, 0.3) is 32.7 Å². The van der Waals surface area contributed by atoms with Gasteiger partial charge in [0.1, 0.15) is 22.8 Å². The molecule has 6 aromatic heterocycles. The van der Waals surface area contributed by atoms with Crippen molar-refractivity contribution in [1.29, 1.82) is 0 Å². The number of aryl methyl sites for hydroxylation is 1. The molecule has 0 radical (unpaired) electrons. The zero-order chi connectivity index (χ0) is 73.3. The number of methoxy groups -OCH3 is 1. The van der Waals surface area contributed by atoms with Gasteiger partial charge in [0, 0.05) is 108 Å². The largest absolute Gasteiger partial charge is 0.497 e. The summed E-state index contributed by atoms with van der Waals surface area (Å²) in [5.41, 5.74) is 1.15. The number of piperazine rings is 3. The van der Waals surface area contributed by atoms with Crippen LogP contribution in [0.1, 0.15) is 127 Å². The molecule has 0 spiro atoms. The zero-order valence-electron chi connectivity index (χ0n) is 58.4. The van der Waals surface area contributed by atoms with Gasteiger partial charge in [0.15, 0.2) is 0 Å². The Labute approximate surface area is 638 Å². The van der Waals surface area contributed by atoms with Crippen LogP contribution in [-0.2, 0) is 19.6 Å². The number of benzene rings is 4. The third-order valence-electron chi connectivity index (χ3n) is 20.9. The third kappa shape index (κ3) is 17.2. The van der Waals surface area contributed by atoms with Crippen molar-refractivity contribution in [3.63, 3.8) is 0 Å². The average Bonchev–Trinajstić information content (AvgIpc) is 1.60. The van der Waals surface area contributed by atoms with E-state index in [0.29, 0.717) is 152 Å². The lowest BCUT2D eigenvalue weighted by molar-refractivity contribution is -0.385. The molecule has 0 unspecified atom stereocenters. The number of rotatable bonds is 17. The number of para-hydroxylation sites is 3. The fourth-order valence-corrected chi connectivity index (χ4v) is 17.6. The Balaban J connectivity index is 0.000000171. The summed E-state index contributed by atoms with van der Waals surface area (Å²) in [5.74, 6) is 1.55. The minimum Gasteiger partial charge on any atom is -0.497 e. The highest BCUT2D eigenvalue weighted by Gasteiger charge is 2.37. The lowest BCUT2D eigenvalue weighted by Crippen LogP contribution is -2.49. The molecule has 0 bridgehead atoms. The van der Waals surface area contributed by atoms with Gasteiger partial charge in [0.2, 0.25) is 0 Å². The number of aromatic nitrogens is 3. The van der Waals surface area contributed by atoms with Gasteiger partial charge in [0.05, 0.1) is 59.6 Å². The zero-order valence-corrected chi connectivity index (χ0v) is 60.8. The summed E-state index contributed by atoms with van der Waals surface area (Å²) in [5, 5.41) is 44.3. The quantitative estimate of drug-likeness (QED) is 0.0605. The van der Waals surface area contributed by atoms with E-state index in [1.54, 1.807) is 49.1 Å². The van der Waals surface area contributed by atoms with Crippen molar-refractivity contribution in [2.24, 2.45) is 11.8 Å². The average molecular weight is 1530 g/mol. The minimum atomic E-state index is -0.651. The number of fused-ring (bicyclic) bond motifs is 3. The summed E-state index contributed by atoms with van der Waals surface area (Å²) in [6.07, 6.45) is 12.5. The number of hydrogen-bond acceptors (Lipinski definition) is 19. The molecule has 0 atom stereocenters. The summed E-state index contributed by atoms with van der Waals surface area (Å²) in [4.78, 5) is 127. The second kappa shape index (κ2) is 36.3. The molecule has 25 nitrogen and oxygen atoms in total. The predicted molar refractivity (Wildman–Crippen MR) is 432 cm³/mol. The maximum Gasteiger partial charge on any atom is 0.357 e. The molecule has 3 aliphatic heterocycles. The lowest BCUT2D eigenvalue weighted by Gasteiger charge is -2.36. The van der Waals surface area contributed by atoms with E-state index in [1.165, 1.54) is 77.1 Å². The summed E-state index contributed by atoms with van der Waals surface area (Å²) in [6.45, 7) is 6.37. The maximum absolute atomic E-state index is 13.6. The molecule has 28 heteroatoms. The Bertz CT molecular complexity index is 4990. The molecule has 4 aromatic carbocycles. The molecule has 5 aliphatic rings. The SMILES string of the molecule is C.C.C.COc1ccc(Cn2c(=O)c([N+](=O)[O-])c(N3CCN(C(=O)c4cccs4)CC3)c3ccccc32)cc1.O=C(c1cccs1)N1CCN(c2c([N+](=O)[O-])c(=O)n(CC3CCCCC3)c3ccccc23)CC1.O=C(c1cccs1)N1CCN(c2c([N+](=O)[O-])c(=O)n(CCC3CCCCC3)c3ccccc23)CC1. The van der Waals surface area contributed by atoms with E-state index in [4.69, 9.17) is 4.74 Å². The molecule has 108 heavy (non-hydrogen) atoms. The molecule has 2 aliphatic carbocycles. The van der Waals surface area contributed by atoms with Gasteiger partial charge in [-0.2, -0.15) is 0 Å². The van der Waals surface area contributed by atoms with Crippen LogP contribution < -0.4 is 36.1 Å². The number of nitrogens with zero attached hydrogens (tertiary/aromatic N) is 12. The molecule has 15 rings (SSSR count). The van der Waals surface area contributed by atoms with E-state index >= 15 is 0 Å². The Kier molecular flexibility index (Phi) is 26.9. The highest BCUT2D eigenvalue weighted by atomic mass is 32.1. The maximum atomic E-state index is 13.6. The number of hydrogen-bond donors (Lipinski definition) is 0. The van der Waals surface area contributed by atoms with Crippen LogP contribution in [0.15, 0.2) is 164 Å². The number of pyridine rings is 3. The van der Waals surface area contributed by atoms with Gasteiger partial charge in [-0.3, -0.25) is 63.7 Å². The number of carbonyl (C=O) groups excluding carboxylic acids is 3. The van der Waals surface area contributed by atoms with E-state index in [-0.39, 0.29) is 57.9 Å². The summed E-state index contributed by atoms with van der Waals surface area (Å²) < 4.78 is 9.90. The second-order valence-electron chi connectivity index (χ2n) is 27.1. The first kappa shape index (κ1) is 80.0. The molecule has 3 saturated heterocycles. The van der Waals surface area contributed by atoms with Gasteiger partial charge in [-0.1, -0.05) is 159 Å². The van der Waals surface area contributed by atoms with Gasteiger partial charge < -0.3 is 43.3 Å². The fourth-order valence-electron chi connectivity index (χ4n) is 15.5. The second-order valence-corrected chi connectivity index (χ2v) is 29.9. The highest BCUT2D eigenvalue weighted by molar-refractivity contribution is 7.12. The van der Waals surface area contributed by atoms with E-state index in [2.05, 4.69) is 0 Å². The third-order valence-corrected chi connectivity index (χ3v) is 23.5. The smallest absolute Gasteiger partial charge is 0.357 e. The van der Waals surface area contributed by atoms with Crippen LogP contribution in [-0.4, -0.2) is 147 Å². The number of ether oxygens (including phenoxy) is 1. The molecule has 2 saturated carbocycles. The number of nitro groups is 3. The van der Waals surface area contributed by atoms with Crippen molar-refractivity contribution in [3.05, 3.63) is 231 Å². The number of carbonyl (C=O) groups is 3. The van der Waals surface area contributed by atoms with Crippen LogP contribution in [0.3, 0.4) is 0 Å². The van der Waals surface area contributed by atoms with Gasteiger partial charge >= 0.3 is 33.7 Å². The van der Waals surface area contributed by atoms with Crippen molar-refractivity contribution in [2.75, 3.05) is 100 Å². The molecule has 9 heterocycles. The Morgan fingerprint density at radius 1 is 0.417 bits per heavy atom. The van der Waals surface area contributed by atoms with Crippen molar-refractivity contribution < 1.29 is 33.9 Å². The van der Waals surface area contributed by atoms with Crippen molar-refractivity contribution in [2.45, 2.75) is 113 Å². The fraction of sp³-hybridized carbons (Fsp3) is 0.400. The number of anilines is 3.